The van der Waals surface area contributed by atoms with Gasteiger partial charge in [-0.1, -0.05) is 24.3 Å². The van der Waals surface area contributed by atoms with E-state index in [1.807, 2.05) is 24.3 Å². The number of esters is 1. The second kappa shape index (κ2) is 6.93. The third-order valence-corrected chi connectivity index (χ3v) is 3.31. The van der Waals surface area contributed by atoms with Crippen LogP contribution in [0.15, 0.2) is 47.8 Å². The quantitative estimate of drug-likeness (QED) is 0.493. The molecule has 0 bridgehead atoms. The van der Waals surface area contributed by atoms with Gasteiger partial charge >= 0.3 is 5.97 Å². The summed E-state index contributed by atoms with van der Waals surface area (Å²) < 4.78 is 5.15. The first-order chi connectivity index (χ1) is 8.84. The zero-order valence-electron chi connectivity index (χ0n) is 9.96. The third-order valence-electron chi connectivity index (χ3n) is 2.37. The molecule has 0 unspecified atom stereocenters. The monoisotopic (exact) mass is 261 g/mol. The van der Waals surface area contributed by atoms with Crippen molar-refractivity contribution in [3.63, 3.8) is 0 Å². The van der Waals surface area contributed by atoms with Crippen LogP contribution < -0.4 is 10.1 Å². The van der Waals surface area contributed by atoms with Crippen molar-refractivity contribution in [2.75, 3.05) is 13.1 Å². The fourth-order valence-corrected chi connectivity index (χ4v) is 2.22. The maximum Gasteiger partial charge on any atom is 0.325 e. The maximum atomic E-state index is 11.5. The highest BCUT2D eigenvalue weighted by molar-refractivity contribution is 7.09. The number of para-hydroxylation sites is 1. The number of carbonyl (C=O) groups is 1. The summed E-state index contributed by atoms with van der Waals surface area (Å²) in [6, 6.07) is 13.2. The number of carbonyl (C=O) groups excluding carboxylic acids is 1. The topological polar surface area (TPSA) is 38.3 Å². The number of hydrogen-bond donors (Lipinski definition) is 1. The van der Waals surface area contributed by atoms with Crippen LogP contribution in [-0.4, -0.2) is 19.1 Å². The fraction of sp³-hybridized carbons (Fsp3) is 0.214. The molecule has 0 aliphatic carbocycles. The molecule has 0 fully saturated rings. The first-order valence-corrected chi connectivity index (χ1v) is 6.71. The zero-order chi connectivity index (χ0) is 12.6. The molecular formula is C14H15NO2S. The molecule has 1 aromatic carbocycles. The number of benzene rings is 1. The summed E-state index contributed by atoms with van der Waals surface area (Å²) in [5.41, 5.74) is 0. The van der Waals surface area contributed by atoms with E-state index in [9.17, 15) is 4.79 Å². The molecule has 94 valence electrons. The lowest BCUT2D eigenvalue weighted by atomic mass is 10.3. The summed E-state index contributed by atoms with van der Waals surface area (Å²) in [5, 5.41) is 5.13. The lowest BCUT2D eigenvalue weighted by molar-refractivity contribution is -0.133. The van der Waals surface area contributed by atoms with E-state index >= 15 is 0 Å². The fourth-order valence-electron chi connectivity index (χ4n) is 1.51. The van der Waals surface area contributed by atoms with E-state index in [1.165, 1.54) is 4.88 Å². The zero-order valence-corrected chi connectivity index (χ0v) is 10.8. The van der Waals surface area contributed by atoms with Crippen molar-refractivity contribution < 1.29 is 9.53 Å². The lowest BCUT2D eigenvalue weighted by Gasteiger charge is -2.05. The van der Waals surface area contributed by atoms with Gasteiger partial charge in [-0.2, -0.15) is 0 Å². The van der Waals surface area contributed by atoms with Gasteiger partial charge in [-0.3, -0.25) is 4.79 Å². The largest absolute Gasteiger partial charge is 0.426 e. The van der Waals surface area contributed by atoms with Crippen LogP contribution in [0.3, 0.4) is 0 Å². The molecule has 1 aromatic heterocycles. The lowest BCUT2D eigenvalue weighted by Crippen LogP contribution is -2.28. The van der Waals surface area contributed by atoms with Crippen LogP contribution >= 0.6 is 11.3 Å². The number of ether oxygens (including phenoxy) is 1. The summed E-state index contributed by atoms with van der Waals surface area (Å²) >= 11 is 1.73. The Balaban J connectivity index is 1.63. The van der Waals surface area contributed by atoms with Crippen LogP contribution in [0.2, 0.25) is 0 Å². The van der Waals surface area contributed by atoms with E-state index < -0.39 is 0 Å². The van der Waals surface area contributed by atoms with Crippen molar-refractivity contribution in [3.05, 3.63) is 52.7 Å². The van der Waals surface area contributed by atoms with E-state index in [0.717, 1.165) is 13.0 Å². The van der Waals surface area contributed by atoms with Gasteiger partial charge in [-0.25, -0.2) is 0 Å². The smallest absolute Gasteiger partial charge is 0.325 e. The summed E-state index contributed by atoms with van der Waals surface area (Å²) in [7, 11) is 0. The molecule has 1 heterocycles. The Bertz CT molecular complexity index is 468. The molecule has 4 heteroatoms. The van der Waals surface area contributed by atoms with Crippen molar-refractivity contribution >= 4 is 17.3 Å². The molecule has 0 radical (unpaired) electrons. The minimum absolute atomic E-state index is 0.236. The van der Waals surface area contributed by atoms with E-state index in [4.69, 9.17) is 4.74 Å². The van der Waals surface area contributed by atoms with E-state index in [0.29, 0.717) is 5.75 Å². The molecule has 0 saturated heterocycles. The Hall–Kier alpha value is -1.65. The van der Waals surface area contributed by atoms with Crippen LogP contribution in [-0.2, 0) is 11.2 Å². The van der Waals surface area contributed by atoms with Gasteiger partial charge in [-0.15, -0.1) is 11.3 Å². The van der Waals surface area contributed by atoms with Crippen molar-refractivity contribution in [1.29, 1.82) is 0 Å². The SMILES string of the molecule is O=C(CNCCc1cccs1)Oc1ccccc1. The van der Waals surface area contributed by atoms with Crippen molar-refractivity contribution in [2.24, 2.45) is 0 Å². The summed E-state index contributed by atoms with van der Waals surface area (Å²) in [4.78, 5) is 12.8. The normalized spacial score (nSPS) is 10.2. The van der Waals surface area contributed by atoms with E-state index in [-0.39, 0.29) is 12.5 Å². The minimum Gasteiger partial charge on any atom is -0.426 e. The molecule has 0 aliphatic heterocycles. The first kappa shape index (κ1) is 12.8. The number of hydrogen-bond acceptors (Lipinski definition) is 4. The second-order valence-corrected chi connectivity index (χ2v) is 4.83. The standard InChI is InChI=1S/C14H15NO2S/c16-14(17-12-5-2-1-3-6-12)11-15-9-8-13-7-4-10-18-13/h1-7,10,15H,8-9,11H2. The van der Waals surface area contributed by atoms with Crippen LogP contribution in [0.25, 0.3) is 0 Å². The summed E-state index contributed by atoms with van der Waals surface area (Å²) in [6.45, 7) is 1.02. The van der Waals surface area contributed by atoms with Gasteiger partial charge < -0.3 is 10.1 Å². The van der Waals surface area contributed by atoms with Crippen LogP contribution in [0.4, 0.5) is 0 Å². The second-order valence-electron chi connectivity index (χ2n) is 3.79. The van der Waals surface area contributed by atoms with Crippen LogP contribution in [0, 0.1) is 0 Å². The molecule has 1 N–H and O–H groups in total. The first-order valence-electron chi connectivity index (χ1n) is 5.83. The molecule has 0 aliphatic rings. The Morgan fingerprint density at radius 2 is 2.00 bits per heavy atom. The Kier molecular flexibility index (Phi) is 4.93. The Labute approximate surface area is 110 Å². The highest BCUT2D eigenvalue weighted by Crippen LogP contribution is 2.09. The van der Waals surface area contributed by atoms with Gasteiger partial charge in [0.15, 0.2) is 0 Å². The van der Waals surface area contributed by atoms with Gasteiger partial charge in [0.25, 0.3) is 0 Å². The maximum absolute atomic E-state index is 11.5. The number of nitrogens with one attached hydrogen (secondary N) is 1. The molecule has 3 nitrogen and oxygen atoms in total. The van der Waals surface area contributed by atoms with Crippen LogP contribution in [0.5, 0.6) is 5.75 Å². The molecule has 0 saturated carbocycles. The van der Waals surface area contributed by atoms with Gasteiger partial charge in [0.1, 0.15) is 5.75 Å². The molecule has 0 spiro atoms. The summed E-state index contributed by atoms with van der Waals surface area (Å²) in [6.07, 6.45) is 0.941. The summed E-state index contributed by atoms with van der Waals surface area (Å²) in [5.74, 6) is 0.329. The molecule has 2 aromatic rings. The highest BCUT2D eigenvalue weighted by Gasteiger charge is 2.03. The van der Waals surface area contributed by atoms with Crippen molar-refractivity contribution in [2.45, 2.75) is 6.42 Å². The highest BCUT2D eigenvalue weighted by atomic mass is 32.1. The van der Waals surface area contributed by atoms with Gasteiger partial charge in [0.2, 0.25) is 0 Å². The van der Waals surface area contributed by atoms with Crippen molar-refractivity contribution in [1.82, 2.24) is 5.32 Å². The molecular weight excluding hydrogens is 246 g/mol. The number of thiophene rings is 1. The third kappa shape index (κ3) is 4.31. The van der Waals surface area contributed by atoms with Gasteiger partial charge in [-0.05, 0) is 30.0 Å². The van der Waals surface area contributed by atoms with Gasteiger partial charge in [0, 0.05) is 11.4 Å². The predicted molar refractivity (Wildman–Crippen MR) is 73.0 cm³/mol. The Morgan fingerprint density at radius 3 is 2.72 bits per heavy atom. The van der Waals surface area contributed by atoms with E-state index in [2.05, 4.69) is 16.8 Å². The molecule has 18 heavy (non-hydrogen) atoms. The van der Waals surface area contributed by atoms with Crippen LogP contribution in [0.1, 0.15) is 4.88 Å². The minimum atomic E-state index is -0.257. The molecule has 0 atom stereocenters. The van der Waals surface area contributed by atoms with E-state index in [1.54, 1.807) is 23.5 Å². The molecule has 0 amide bonds. The average molecular weight is 261 g/mol. The number of rotatable bonds is 6. The average Bonchev–Trinajstić information content (AvgIpc) is 2.89. The predicted octanol–water partition coefficient (Wildman–Crippen LogP) is 2.49. The molecule has 2 rings (SSSR count). The van der Waals surface area contributed by atoms with Gasteiger partial charge in [0.05, 0.1) is 6.54 Å². The Morgan fingerprint density at radius 1 is 1.17 bits per heavy atom. The van der Waals surface area contributed by atoms with Crippen molar-refractivity contribution in [3.8, 4) is 5.75 Å².